The van der Waals surface area contributed by atoms with E-state index in [1.165, 1.54) is 5.56 Å². The Morgan fingerprint density at radius 2 is 2.07 bits per heavy atom. The summed E-state index contributed by atoms with van der Waals surface area (Å²) in [5.74, 6) is 0.735. The minimum Gasteiger partial charge on any atom is -0.343 e. The van der Waals surface area contributed by atoms with Crippen molar-refractivity contribution in [3.63, 3.8) is 0 Å². The van der Waals surface area contributed by atoms with E-state index in [9.17, 15) is 4.79 Å². The van der Waals surface area contributed by atoms with Crippen LogP contribution in [0, 0.1) is 0 Å². The number of carbonyl (C=O) groups is 1. The Morgan fingerprint density at radius 3 is 2.67 bits per heavy atom. The van der Waals surface area contributed by atoms with Crippen molar-refractivity contribution in [2.75, 3.05) is 13.1 Å². The summed E-state index contributed by atoms with van der Waals surface area (Å²) in [6.45, 7) is 3.80. The summed E-state index contributed by atoms with van der Waals surface area (Å²) < 4.78 is 0. The lowest BCUT2D eigenvalue weighted by atomic mass is 9.89. The van der Waals surface area contributed by atoms with Crippen molar-refractivity contribution in [1.29, 1.82) is 0 Å². The monoisotopic (exact) mass is 203 g/mol. The fourth-order valence-corrected chi connectivity index (χ4v) is 2.22. The number of carbonyl (C=O) groups excluding carboxylic acids is 1. The summed E-state index contributed by atoms with van der Waals surface area (Å²) in [6, 6.07) is 10.4. The van der Waals surface area contributed by atoms with Crippen LogP contribution in [0.25, 0.3) is 0 Å². The first-order chi connectivity index (χ1) is 7.31. The molecule has 1 aromatic rings. The molecule has 0 bridgehead atoms. The highest BCUT2D eigenvalue weighted by molar-refractivity contribution is 5.78. The zero-order valence-electron chi connectivity index (χ0n) is 9.15. The summed E-state index contributed by atoms with van der Waals surface area (Å²) in [4.78, 5) is 13.7. The molecule has 15 heavy (non-hydrogen) atoms. The van der Waals surface area contributed by atoms with Gasteiger partial charge in [0.15, 0.2) is 0 Å². The minimum absolute atomic E-state index is 0.303. The van der Waals surface area contributed by atoms with Gasteiger partial charge in [0, 0.05) is 19.5 Å². The first-order valence-electron chi connectivity index (χ1n) is 5.64. The average Bonchev–Trinajstić information content (AvgIpc) is 2.30. The molecule has 0 aromatic heterocycles. The molecule has 0 saturated carbocycles. The number of nitrogens with zero attached hydrogens (tertiary/aromatic N) is 1. The maximum Gasteiger partial charge on any atom is 0.223 e. The van der Waals surface area contributed by atoms with E-state index in [4.69, 9.17) is 0 Å². The Bertz CT molecular complexity index is 334. The predicted octanol–water partition coefficient (Wildman–Crippen LogP) is 2.41. The van der Waals surface area contributed by atoms with Crippen LogP contribution in [0.2, 0.25) is 0 Å². The third kappa shape index (κ3) is 2.20. The standard InChI is InChI=1S/C13H17NO/c1-2-14-9-8-12(10-13(14)15)11-6-4-3-5-7-11/h3-7,12H,2,8-10H2,1H3. The maximum atomic E-state index is 11.7. The number of hydrogen-bond acceptors (Lipinski definition) is 1. The van der Waals surface area contributed by atoms with Gasteiger partial charge >= 0.3 is 0 Å². The molecule has 0 spiro atoms. The van der Waals surface area contributed by atoms with Gasteiger partial charge in [-0.1, -0.05) is 30.3 Å². The predicted molar refractivity (Wildman–Crippen MR) is 60.7 cm³/mol. The third-order valence-corrected chi connectivity index (χ3v) is 3.17. The number of benzene rings is 1. The van der Waals surface area contributed by atoms with Gasteiger partial charge in [0.05, 0.1) is 0 Å². The van der Waals surface area contributed by atoms with Crippen LogP contribution < -0.4 is 0 Å². The lowest BCUT2D eigenvalue weighted by Gasteiger charge is -2.31. The van der Waals surface area contributed by atoms with Crippen molar-refractivity contribution in [2.45, 2.75) is 25.7 Å². The van der Waals surface area contributed by atoms with Crippen LogP contribution in [0.1, 0.15) is 31.2 Å². The minimum atomic E-state index is 0.303. The van der Waals surface area contributed by atoms with E-state index >= 15 is 0 Å². The van der Waals surface area contributed by atoms with Gasteiger partial charge < -0.3 is 4.90 Å². The van der Waals surface area contributed by atoms with E-state index in [0.29, 0.717) is 18.2 Å². The second kappa shape index (κ2) is 4.47. The molecule has 80 valence electrons. The van der Waals surface area contributed by atoms with Crippen LogP contribution in [0.5, 0.6) is 0 Å². The molecule has 2 heteroatoms. The molecular weight excluding hydrogens is 186 g/mol. The molecule has 1 saturated heterocycles. The number of likely N-dealkylation sites (tertiary alicyclic amines) is 1. The van der Waals surface area contributed by atoms with Crippen LogP contribution in [0.4, 0.5) is 0 Å². The molecule has 1 atom stereocenters. The summed E-state index contributed by atoms with van der Waals surface area (Å²) in [5, 5.41) is 0. The lowest BCUT2D eigenvalue weighted by molar-refractivity contribution is -0.133. The zero-order valence-corrected chi connectivity index (χ0v) is 9.15. The van der Waals surface area contributed by atoms with E-state index < -0.39 is 0 Å². The highest BCUT2D eigenvalue weighted by Crippen LogP contribution is 2.28. The Labute approximate surface area is 90.9 Å². The highest BCUT2D eigenvalue weighted by atomic mass is 16.2. The van der Waals surface area contributed by atoms with Crippen LogP contribution in [-0.2, 0) is 4.79 Å². The van der Waals surface area contributed by atoms with Crippen molar-refractivity contribution in [3.05, 3.63) is 35.9 Å². The fraction of sp³-hybridized carbons (Fsp3) is 0.462. The third-order valence-electron chi connectivity index (χ3n) is 3.17. The molecule has 2 rings (SSSR count). The quantitative estimate of drug-likeness (QED) is 0.722. The first kappa shape index (κ1) is 10.2. The van der Waals surface area contributed by atoms with Gasteiger partial charge in [0.1, 0.15) is 0 Å². The van der Waals surface area contributed by atoms with Gasteiger partial charge in [0.25, 0.3) is 0 Å². The molecule has 1 fully saturated rings. The van der Waals surface area contributed by atoms with Crippen LogP contribution >= 0.6 is 0 Å². The van der Waals surface area contributed by atoms with Crippen molar-refractivity contribution < 1.29 is 4.79 Å². The molecule has 1 aromatic carbocycles. The molecular formula is C13H17NO. The van der Waals surface area contributed by atoms with Gasteiger partial charge in [-0.05, 0) is 24.8 Å². The summed E-state index contributed by atoms with van der Waals surface area (Å²) in [5.41, 5.74) is 1.31. The van der Waals surface area contributed by atoms with Crippen LogP contribution in [0.15, 0.2) is 30.3 Å². The molecule has 1 heterocycles. The van der Waals surface area contributed by atoms with Gasteiger partial charge in [-0.25, -0.2) is 0 Å². The van der Waals surface area contributed by atoms with Crippen LogP contribution in [-0.4, -0.2) is 23.9 Å². The van der Waals surface area contributed by atoms with Crippen molar-refractivity contribution >= 4 is 5.91 Å². The number of amides is 1. The first-order valence-corrected chi connectivity index (χ1v) is 5.64. The van der Waals surface area contributed by atoms with E-state index in [2.05, 4.69) is 12.1 Å². The van der Waals surface area contributed by atoms with Gasteiger partial charge in [-0.3, -0.25) is 4.79 Å². The Hall–Kier alpha value is -1.31. The SMILES string of the molecule is CCN1CCC(c2ccccc2)CC1=O. The van der Waals surface area contributed by atoms with Crippen molar-refractivity contribution in [1.82, 2.24) is 4.90 Å². The molecule has 1 amide bonds. The highest BCUT2D eigenvalue weighted by Gasteiger charge is 2.25. The van der Waals surface area contributed by atoms with Crippen LogP contribution in [0.3, 0.4) is 0 Å². The van der Waals surface area contributed by atoms with E-state index in [-0.39, 0.29) is 0 Å². The molecule has 0 radical (unpaired) electrons. The summed E-state index contributed by atoms with van der Waals surface area (Å²) in [6.07, 6.45) is 1.78. The number of rotatable bonds is 2. The second-order valence-corrected chi connectivity index (χ2v) is 4.07. The van der Waals surface area contributed by atoms with E-state index in [1.807, 2.05) is 30.0 Å². The lowest BCUT2D eigenvalue weighted by Crippen LogP contribution is -2.37. The molecule has 0 aliphatic carbocycles. The molecule has 1 aliphatic rings. The van der Waals surface area contributed by atoms with Crippen molar-refractivity contribution in [2.24, 2.45) is 0 Å². The van der Waals surface area contributed by atoms with E-state index in [1.54, 1.807) is 0 Å². The molecule has 2 nitrogen and oxygen atoms in total. The maximum absolute atomic E-state index is 11.7. The fourth-order valence-electron chi connectivity index (χ4n) is 2.22. The normalized spacial score (nSPS) is 21.8. The van der Waals surface area contributed by atoms with Crippen molar-refractivity contribution in [3.8, 4) is 0 Å². The Morgan fingerprint density at radius 1 is 1.33 bits per heavy atom. The van der Waals surface area contributed by atoms with E-state index in [0.717, 1.165) is 19.5 Å². The molecule has 1 unspecified atom stereocenters. The Kier molecular flexibility index (Phi) is 3.05. The van der Waals surface area contributed by atoms with Gasteiger partial charge in [0.2, 0.25) is 5.91 Å². The molecule has 1 aliphatic heterocycles. The summed E-state index contributed by atoms with van der Waals surface area (Å²) >= 11 is 0. The average molecular weight is 203 g/mol. The second-order valence-electron chi connectivity index (χ2n) is 4.07. The van der Waals surface area contributed by atoms with Gasteiger partial charge in [-0.2, -0.15) is 0 Å². The molecule has 0 N–H and O–H groups in total. The largest absolute Gasteiger partial charge is 0.343 e. The number of hydrogen-bond donors (Lipinski definition) is 0. The zero-order chi connectivity index (χ0) is 10.7. The van der Waals surface area contributed by atoms with Gasteiger partial charge in [-0.15, -0.1) is 0 Å². The Balaban J connectivity index is 2.06. The smallest absolute Gasteiger partial charge is 0.223 e. The summed E-state index contributed by atoms with van der Waals surface area (Å²) in [7, 11) is 0. The number of piperidine rings is 1. The topological polar surface area (TPSA) is 20.3 Å².